The molecular weight excluding hydrogens is 382 g/mol. The Morgan fingerprint density at radius 3 is 2.62 bits per heavy atom. The quantitative estimate of drug-likeness (QED) is 0.679. The van der Waals surface area contributed by atoms with Crippen molar-refractivity contribution in [1.29, 1.82) is 0 Å². The van der Waals surface area contributed by atoms with E-state index in [4.69, 9.17) is 4.74 Å². The summed E-state index contributed by atoms with van der Waals surface area (Å²) >= 11 is 1.57. The maximum Gasteiger partial charge on any atom is 0.230 e. The highest BCUT2D eigenvalue weighted by Crippen LogP contribution is 2.26. The lowest BCUT2D eigenvalue weighted by atomic mass is 10.1. The van der Waals surface area contributed by atoms with Crippen LogP contribution in [0.2, 0.25) is 0 Å². The molecule has 0 saturated carbocycles. The Balaban J connectivity index is 1.39. The van der Waals surface area contributed by atoms with Crippen LogP contribution in [0.25, 0.3) is 10.6 Å². The van der Waals surface area contributed by atoms with Gasteiger partial charge in [-0.2, -0.15) is 0 Å². The molecule has 150 valence electrons. The number of rotatable bonds is 5. The van der Waals surface area contributed by atoms with E-state index in [0.29, 0.717) is 0 Å². The third kappa shape index (κ3) is 4.83. The molecule has 0 atom stereocenters. The minimum atomic E-state index is -0.0482. The number of benzene rings is 2. The van der Waals surface area contributed by atoms with E-state index in [2.05, 4.69) is 58.5 Å². The van der Waals surface area contributed by atoms with Gasteiger partial charge in [0.05, 0.1) is 25.3 Å². The number of amides is 1. The molecule has 1 amide bonds. The summed E-state index contributed by atoms with van der Waals surface area (Å²) in [5.41, 5.74) is 6.18. The van der Waals surface area contributed by atoms with Crippen LogP contribution in [0.3, 0.4) is 0 Å². The van der Waals surface area contributed by atoms with Gasteiger partial charge in [0.2, 0.25) is 5.91 Å². The lowest BCUT2D eigenvalue weighted by Crippen LogP contribution is -2.36. The molecule has 0 spiro atoms. The number of carbonyl (C=O) groups excluding carboxylic acids is 1. The Kier molecular flexibility index (Phi) is 5.92. The molecule has 1 N–H and O–H groups in total. The van der Waals surface area contributed by atoms with Gasteiger partial charge in [0.1, 0.15) is 5.01 Å². The molecule has 1 fully saturated rings. The topological polar surface area (TPSA) is 54.5 Å². The number of thiazole rings is 1. The first-order valence-corrected chi connectivity index (χ1v) is 10.7. The standard InChI is InChI=1S/C23H25N3O2S/c1-16-3-5-18(6-4-16)23-24-19(15-29-23)14-22(27)25-21-8-7-20(13-17(21)2)26-9-11-28-12-10-26/h3-8,13,15H,9-12,14H2,1-2H3,(H,25,27). The number of carbonyl (C=O) groups is 1. The number of ether oxygens (including phenoxy) is 1. The number of anilines is 2. The molecule has 3 aromatic rings. The third-order valence-electron chi connectivity index (χ3n) is 5.05. The molecule has 6 heteroatoms. The van der Waals surface area contributed by atoms with Crippen molar-refractivity contribution in [3.63, 3.8) is 0 Å². The van der Waals surface area contributed by atoms with Crippen molar-refractivity contribution in [2.75, 3.05) is 36.5 Å². The molecule has 5 nitrogen and oxygen atoms in total. The Bertz CT molecular complexity index is 992. The van der Waals surface area contributed by atoms with Crippen LogP contribution in [0.15, 0.2) is 47.8 Å². The molecule has 2 heterocycles. The fraction of sp³-hybridized carbons (Fsp3) is 0.304. The van der Waals surface area contributed by atoms with E-state index in [-0.39, 0.29) is 12.3 Å². The summed E-state index contributed by atoms with van der Waals surface area (Å²) in [6, 6.07) is 14.5. The van der Waals surface area contributed by atoms with Crippen molar-refractivity contribution < 1.29 is 9.53 Å². The Morgan fingerprint density at radius 2 is 1.90 bits per heavy atom. The molecule has 0 aliphatic carbocycles. The lowest BCUT2D eigenvalue weighted by molar-refractivity contribution is -0.115. The summed E-state index contributed by atoms with van der Waals surface area (Å²) in [6.07, 6.45) is 0.271. The first-order chi connectivity index (χ1) is 14.1. The highest BCUT2D eigenvalue weighted by Gasteiger charge is 2.14. The van der Waals surface area contributed by atoms with Crippen molar-refractivity contribution >= 4 is 28.6 Å². The van der Waals surface area contributed by atoms with E-state index < -0.39 is 0 Å². The number of hydrogen-bond acceptors (Lipinski definition) is 5. The van der Waals surface area contributed by atoms with Gasteiger partial charge in [-0.15, -0.1) is 11.3 Å². The molecule has 29 heavy (non-hydrogen) atoms. The molecule has 2 aromatic carbocycles. The summed E-state index contributed by atoms with van der Waals surface area (Å²) in [6.45, 7) is 7.41. The van der Waals surface area contributed by atoms with Crippen LogP contribution in [-0.2, 0) is 16.0 Å². The SMILES string of the molecule is Cc1ccc(-c2nc(CC(=O)Nc3ccc(N4CCOCC4)cc3C)cs2)cc1. The van der Waals surface area contributed by atoms with Gasteiger partial charge in [-0.25, -0.2) is 4.98 Å². The van der Waals surface area contributed by atoms with E-state index in [9.17, 15) is 4.79 Å². The van der Waals surface area contributed by atoms with E-state index in [0.717, 1.165) is 53.8 Å². The van der Waals surface area contributed by atoms with Crippen LogP contribution < -0.4 is 10.2 Å². The zero-order valence-corrected chi connectivity index (χ0v) is 17.6. The van der Waals surface area contributed by atoms with Crippen molar-refractivity contribution in [3.8, 4) is 10.6 Å². The van der Waals surface area contributed by atoms with Crippen molar-refractivity contribution in [2.45, 2.75) is 20.3 Å². The van der Waals surface area contributed by atoms with Gasteiger partial charge in [-0.1, -0.05) is 29.8 Å². The predicted molar refractivity (Wildman–Crippen MR) is 119 cm³/mol. The predicted octanol–water partition coefficient (Wildman–Crippen LogP) is 4.44. The molecule has 0 radical (unpaired) electrons. The number of nitrogens with one attached hydrogen (secondary N) is 1. The number of aromatic nitrogens is 1. The molecular formula is C23H25N3O2S. The summed E-state index contributed by atoms with van der Waals surface area (Å²) in [5.74, 6) is -0.0482. The highest BCUT2D eigenvalue weighted by molar-refractivity contribution is 7.13. The van der Waals surface area contributed by atoms with Crippen LogP contribution >= 0.6 is 11.3 Å². The Morgan fingerprint density at radius 1 is 1.14 bits per heavy atom. The van der Waals surface area contributed by atoms with Crippen LogP contribution in [0.1, 0.15) is 16.8 Å². The summed E-state index contributed by atoms with van der Waals surface area (Å²) in [5, 5.41) is 5.93. The van der Waals surface area contributed by atoms with E-state index >= 15 is 0 Å². The average molecular weight is 408 g/mol. The second-order valence-corrected chi connectivity index (χ2v) is 8.19. The van der Waals surface area contributed by atoms with Crippen LogP contribution in [-0.4, -0.2) is 37.2 Å². The first kappa shape index (κ1) is 19.6. The largest absolute Gasteiger partial charge is 0.378 e. The molecule has 1 saturated heterocycles. The fourth-order valence-corrected chi connectivity index (χ4v) is 4.21. The number of nitrogens with zero attached hydrogens (tertiary/aromatic N) is 2. The second kappa shape index (κ2) is 8.76. The van der Waals surface area contributed by atoms with Crippen molar-refractivity contribution in [3.05, 3.63) is 64.7 Å². The minimum absolute atomic E-state index is 0.0482. The molecule has 1 aliphatic heterocycles. The van der Waals surface area contributed by atoms with Gasteiger partial charge in [0.15, 0.2) is 0 Å². The van der Waals surface area contributed by atoms with Crippen molar-refractivity contribution in [1.82, 2.24) is 4.98 Å². The van der Waals surface area contributed by atoms with Gasteiger partial charge in [0, 0.05) is 35.4 Å². The van der Waals surface area contributed by atoms with Crippen molar-refractivity contribution in [2.24, 2.45) is 0 Å². The molecule has 1 aromatic heterocycles. The number of morpholine rings is 1. The third-order valence-corrected chi connectivity index (χ3v) is 5.99. The van der Waals surface area contributed by atoms with Gasteiger partial charge in [-0.05, 0) is 37.6 Å². The van der Waals surface area contributed by atoms with E-state index in [1.54, 1.807) is 11.3 Å². The highest BCUT2D eigenvalue weighted by atomic mass is 32.1. The van der Waals surface area contributed by atoms with Gasteiger partial charge in [-0.3, -0.25) is 4.79 Å². The van der Waals surface area contributed by atoms with Gasteiger partial charge >= 0.3 is 0 Å². The summed E-state index contributed by atoms with van der Waals surface area (Å²) in [7, 11) is 0. The fourth-order valence-electron chi connectivity index (χ4n) is 3.38. The maximum atomic E-state index is 12.5. The van der Waals surface area contributed by atoms with Crippen LogP contribution in [0.4, 0.5) is 11.4 Å². The molecule has 0 unspecified atom stereocenters. The first-order valence-electron chi connectivity index (χ1n) is 9.83. The van der Waals surface area contributed by atoms with Gasteiger partial charge < -0.3 is 15.0 Å². The monoisotopic (exact) mass is 407 g/mol. The normalized spacial score (nSPS) is 14.1. The smallest absolute Gasteiger partial charge is 0.230 e. The maximum absolute atomic E-state index is 12.5. The molecule has 1 aliphatic rings. The Hall–Kier alpha value is -2.70. The summed E-state index contributed by atoms with van der Waals surface area (Å²) < 4.78 is 5.42. The average Bonchev–Trinajstić information content (AvgIpc) is 3.19. The van der Waals surface area contributed by atoms with E-state index in [1.165, 1.54) is 11.3 Å². The molecule has 4 rings (SSSR count). The number of aryl methyl sites for hydroxylation is 2. The molecule has 0 bridgehead atoms. The lowest BCUT2D eigenvalue weighted by Gasteiger charge is -2.29. The zero-order chi connectivity index (χ0) is 20.2. The van der Waals surface area contributed by atoms with Gasteiger partial charge in [0.25, 0.3) is 0 Å². The Labute approximate surface area is 175 Å². The number of hydrogen-bond donors (Lipinski definition) is 1. The van der Waals surface area contributed by atoms with Crippen LogP contribution in [0.5, 0.6) is 0 Å². The second-order valence-electron chi connectivity index (χ2n) is 7.33. The summed E-state index contributed by atoms with van der Waals surface area (Å²) in [4.78, 5) is 19.5. The zero-order valence-electron chi connectivity index (χ0n) is 16.8. The minimum Gasteiger partial charge on any atom is -0.378 e. The van der Waals surface area contributed by atoms with Crippen LogP contribution in [0, 0.1) is 13.8 Å². The van der Waals surface area contributed by atoms with E-state index in [1.807, 2.05) is 18.4 Å².